The average molecular weight is 318 g/mol. The number of carbonyl (C=O) groups excluding carboxylic acids is 1. The quantitative estimate of drug-likeness (QED) is 0.756. The maximum atomic E-state index is 10.7. The van der Waals surface area contributed by atoms with E-state index in [2.05, 4.69) is 21.2 Å². The van der Waals surface area contributed by atoms with E-state index in [0.717, 1.165) is 0 Å². The van der Waals surface area contributed by atoms with E-state index in [1.54, 1.807) is 25.3 Å². The fraction of sp³-hybridized carbons (Fsp3) is 0.417. The second-order valence-corrected chi connectivity index (χ2v) is 4.69. The molecule has 5 nitrogen and oxygen atoms in total. The maximum Gasteiger partial charge on any atom is 0.216 e. The van der Waals surface area contributed by atoms with Gasteiger partial charge in [0.05, 0.1) is 7.11 Å². The van der Waals surface area contributed by atoms with E-state index in [9.17, 15) is 15.0 Å². The topological polar surface area (TPSA) is 78.8 Å². The number of rotatable bonds is 5. The number of aliphatic hydroxyl groups excluding tert-OH is 2. The van der Waals surface area contributed by atoms with Crippen LogP contribution in [0.5, 0.6) is 5.75 Å². The number of nitrogens with one attached hydrogen (secondary N) is 1. The van der Waals surface area contributed by atoms with Crippen molar-refractivity contribution in [1.82, 2.24) is 5.32 Å². The van der Waals surface area contributed by atoms with Crippen LogP contribution in [0.25, 0.3) is 0 Å². The molecule has 2 atom stereocenters. The van der Waals surface area contributed by atoms with Gasteiger partial charge in [-0.15, -0.1) is 0 Å². The van der Waals surface area contributed by atoms with E-state index in [1.807, 2.05) is 0 Å². The molecule has 0 bridgehead atoms. The van der Waals surface area contributed by atoms with Gasteiger partial charge in [0, 0.05) is 17.9 Å². The minimum absolute atomic E-state index is 0.00499. The van der Waals surface area contributed by atoms with E-state index in [0.29, 0.717) is 15.8 Å². The zero-order valence-corrected chi connectivity index (χ0v) is 11.8. The Morgan fingerprint density at radius 3 is 2.67 bits per heavy atom. The highest BCUT2D eigenvalue weighted by molar-refractivity contribution is 9.10. The lowest BCUT2D eigenvalue weighted by atomic mass is 10.0. The predicted octanol–water partition coefficient (Wildman–Crippen LogP) is 0.988. The van der Waals surface area contributed by atoms with Crippen molar-refractivity contribution >= 4 is 21.8 Å². The fourth-order valence-electron chi connectivity index (χ4n) is 1.44. The lowest BCUT2D eigenvalue weighted by Gasteiger charge is -2.19. The van der Waals surface area contributed by atoms with Crippen molar-refractivity contribution < 1.29 is 19.7 Å². The minimum atomic E-state index is -1.09. The first-order valence-electron chi connectivity index (χ1n) is 5.39. The SMILES string of the molecule is COc1ccc(C(O)C(O)CNC(C)=O)c(Br)c1. The third-order valence-corrected chi connectivity index (χ3v) is 3.14. The van der Waals surface area contributed by atoms with E-state index < -0.39 is 12.2 Å². The molecule has 0 aliphatic heterocycles. The molecule has 1 aromatic carbocycles. The number of benzene rings is 1. The van der Waals surface area contributed by atoms with Crippen LogP contribution >= 0.6 is 15.9 Å². The fourth-order valence-corrected chi connectivity index (χ4v) is 2.03. The largest absolute Gasteiger partial charge is 0.497 e. The molecular formula is C12H16BrNO4. The molecule has 6 heteroatoms. The molecule has 0 saturated heterocycles. The summed E-state index contributed by atoms with van der Waals surface area (Å²) < 4.78 is 5.67. The summed E-state index contributed by atoms with van der Waals surface area (Å²) in [5, 5.41) is 22.2. The molecule has 18 heavy (non-hydrogen) atoms. The maximum absolute atomic E-state index is 10.7. The Balaban J connectivity index is 2.76. The lowest BCUT2D eigenvalue weighted by molar-refractivity contribution is -0.119. The first-order chi connectivity index (χ1) is 8.45. The van der Waals surface area contributed by atoms with Gasteiger partial charge in [0.1, 0.15) is 18.0 Å². The van der Waals surface area contributed by atoms with Gasteiger partial charge >= 0.3 is 0 Å². The van der Waals surface area contributed by atoms with Crippen molar-refractivity contribution in [3.63, 3.8) is 0 Å². The van der Waals surface area contributed by atoms with Gasteiger partial charge in [0.2, 0.25) is 5.91 Å². The van der Waals surface area contributed by atoms with Gasteiger partial charge in [-0.1, -0.05) is 22.0 Å². The van der Waals surface area contributed by atoms with E-state index in [4.69, 9.17) is 4.74 Å². The van der Waals surface area contributed by atoms with Crippen LogP contribution in [-0.2, 0) is 4.79 Å². The third kappa shape index (κ3) is 3.97. The molecule has 100 valence electrons. The van der Waals surface area contributed by atoms with E-state index in [-0.39, 0.29) is 12.5 Å². The summed E-state index contributed by atoms with van der Waals surface area (Å²) in [5.41, 5.74) is 0.536. The number of amides is 1. The normalized spacial score (nSPS) is 13.8. The van der Waals surface area contributed by atoms with Gasteiger partial charge in [0.15, 0.2) is 0 Å². The molecule has 0 heterocycles. The van der Waals surface area contributed by atoms with Crippen molar-refractivity contribution in [3.8, 4) is 5.75 Å². The van der Waals surface area contributed by atoms with Gasteiger partial charge < -0.3 is 20.3 Å². The van der Waals surface area contributed by atoms with E-state index in [1.165, 1.54) is 6.92 Å². The summed E-state index contributed by atoms with van der Waals surface area (Å²) >= 11 is 3.30. The molecule has 0 saturated carbocycles. The second kappa shape index (κ2) is 6.72. The summed E-state index contributed by atoms with van der Waals surface area (Å²) in [7, 11) is 1.55. The molecule has 0 fully saturated rings. The summed E-state index contributed by atoms with van der Waals surface area (Å²) in [5.74, 6) is 0.393. The number of ether oxygens (including phenoxy) is 1. The number of hydrogen-bond acceptors (Lipinski definition) is 4. The highest BCUT2D eigenvalue weighted by atomic mass is 79.9. The van der Waals surface area contributed by atoms with Crippen LogP contribution in [0.3, 0.4) is 0 Å². The average Bonchev–Trinajstić information content (AvgIpc) is 2.34. The first-order valence-corrected chi connectivity index (χ1v) is 6.19. The van der Waals surface area contributed by atoms with Crippen LogP contribution < -0.4 is 10.1 Å². The molecule has 1 rings (SSSR count). The number of methoxy groups -OCH3 is 1. The van der Waals surface area contributed by atoms with Crippen molar-refractivity contribution in [1.29, 1.82) is 0 Å². The van der Waals surface area contributed by atoms with Crippen LogP contribution in [0, 0.1) is 0 Å². The molecule has 0 aliphatic rings. The standard InChI is InChI=1S/C12H16BrNO4/c1-7(15)14-6-11(16)12(17)9-4-3-8(18-2)5-10(9)13/h3-5,11-12,16-17H,6H2,1-2H3,(H,14,15). The van der Waals surface area contributed by atoms with Crippen molar-refractivity contribution in [2.45, 2.75) is 19.1 Å². The summed E-state index contributed by atoms with van der Waals surface area (Å²) in [4.78, 5) is 10.7. The van der Waals surface area contributed by atoms with Gasteiger partial charge in [-0.25, -0.2) is 0 Å². The summed E-state index contributed by atoms with van der Waals surface area (Å²) in [6.45, 7) is 1.34. The van der Waals surface area contributed by atoms with Crippen molar-refractivity contribution in [2.75, 3.05) is 13.7 Å². The lowest BCUT2D eigenvalue weighted by Crippen LogP contribution is -2.34. The van der Waals surface area contributed by atoms with Gasteiger partial charge in [-0.2, -0.15) is 0 Å². The smallest absolute Gasteiger partial charge is 0.216 e. The van der Waals surface area contributed by atoms with Crippen LogP contribution in [0.1, 0.15) is 18.6 Å². The summed E-state index contributed by atoms with van der Waals surface area (Å²) in [6.07, 6.45) is -2.16. The van der Waals surface area contributed by atoms with Crippen LogP contribution in [0.15, 0.2) is 22.7 Å². The molecule has 1 amide bonds. The van der Waals surface area contributed by atoms with E-state index >= 15 is 0 Å². The third-order valence-electron chi connectivity index (χ3n) is 2.45. The number of aliphatic hydroxyl groups is 2. The Hall–Kier alpha value is -1.11. The monoisotopic (exact) mass is 317 g/mol. The molecule has 0 aliphatic carbocycles. The van der Waals surface area contributed by atoms with Crippen LogP contribution in [-0.4, -0.2) is 35.9 Å². The molecule has 2 unspecified atom stereocenters. The molecule has 1 aromatic rings. The Labute approximate surface area is 114 Å². The van der Waals surface area contributed by atoms with Gasteiger partial charge in [0.25, 0.3) is 0 Å². The Bertz CT molecular complexity index is 425. The Kier molecular flexibility index (Phi) is 5.58. The van der Waals surface area contributed by atoms with Gasteiger partial charge in [-0.3, -0.25) is 4.79 Å². The number of halogens is 1. The molecule has 0 radical (unpaired) electrons. The number of hydrogen-bond donors (Lipinski definition) is 3. The molecule has 0 aromatic heterocycles. The predicted molar refractivity (Wildman–Crippen MR) is 70.3 cm³/mol. The van der Waals surface area contributed by atoms with Crippen LogP contribution in [0.2, 0.25) is 0 Å². The molecule has 0 spiro atoms. The first kappa shape index (κ1) is 14.9. The van der Waals surface area contributed by atoms with Crippen LogP contribution in [0.4, 0.5) is 0 Å². The minimum Gasteiger partial charge on any atom is -0.497 e. The highest BCUT2D eigenvalue weighted by Crippen LogP contribution is 2.29. The zero-order chi connectivity index (χ0) is 13.7. The second-order valence-electron chi connectivity index (χ2n) is 3.84. The molecular weight excluding hydrogens is 302 g/mol. The van der Waals surface area contributed by atoms with Crippen molar-refractivity contribution in [3.05, 3.63) is 28.2 Å². The van der Waals surface area contributed by atoms with Crippen molar-refractivity contribution in [2.24, 2.45) is 0 Å². The number of carbonyl (C=O) groups is 1. The Morgan fingerprint density at radius 1 is 1.50 bits per heavy atom. The van der Waals surface area contributed by atoms with Gasteiger partial charge in [-0.05, 0) is 17.7 Å². The molecule has 3 N–H and O–H groups in total. The zero-order valence-electron chi connectivity index (χ0n) is 10.2. The summed E-state index contributed by atoms with van der Waals surface area (Å²) in [6, 6.07) is 5.04. The highest BCUT2D eigenvalue weighted by Gasteiger charge is 2.21. The Morgan fingerprint density at radius 2 is 2.17 bits per heavy atom.